The van der Waals surface area contributed by atoms with Gasteiger partial charge in [-0.15, -0.1) is 0 Å². The standard InChI is InChI=1S/C14H21NO9/c1-20-10(16)9(11(17)21-2)14(12(18)22-3,13(19)23-4)15-5-7-24-8-6-15/h9H,5-8H2,1-4H3/p+1. The molecule has 0 bridgehead atoms. The largest absolute Gasteiger partial charge is 0.468 e. The van der Waals surface area contributed by atoms with Crippen LogP contribution in [-0.4, -0.2) is 84.2 Å². The Hall–Kier alpha value is -2.20. The van der Waals surface area contributed by atoms with Crippen LogP contribution in [0.3, 0.4) is 0 Å². The summed E-state index contributed by atoms with van der Waals surface area (Å²) in [6.45, 7) is 0.795. The van der Waals surface area contributed by atoms with Crippen molar-refractivity contribution in [3.63, 3.8) is 0 Å². The molecule has 0 aromatic carbocycles. The van der Waals surface area contributed by atoms with Crippen LogP contribution in [0.5, 0.6) is 0 Å². The minimum atomic E-state index is -2.28. The zero-order chi connectivity index (χ0) is 18.3. The van der Waals surface area contributed by atoms with E-state index >= 15 is 0 Å². The molecule has 0 aromatic heterocycles. The maximum absolute atomic E-state index is 12.6. The second-order valence-electron chi connectivity index (χ2n) is 4.99. The number of nitrogens with one attached hydrogen (secondary N) is 1. The molecule has 136 valence electrons. The maximum atomic E-state index is 12.6. The molecular weight excluding hydrogens is 326 g/mol. The normalized spacial score (nSPS) is 15.5. The van der Waals surface area contributed by atoms with Crippen LogP contribution in [0.15, 0.2) is 0 Å². The van der Waals surface area contributed by atoms with E-state index in [2.05, 4.69) is 9.47 Å². The number of carbonyl (C=O) groups excluding carboxylic acids is 4. The lowest BCUT2D eigenvalue weighted by Crippen LogP contribution is -3.25. The van der Waals surface area contributed by atoms with E-state index in [4.69, 9.17) is 14.2 Å². The fourth-order valence-corrected chi connectivity index (χ4v) is 2.83. The van der Waals surface area contributed by atoms with Crippen molar-refractivity contribution in [2.45, 2.75) is 5.54 Å². The molecule has 0 radical (unpaired) electrons. The van der Waals surface area contributed by atoms with Crippen molar-refractivity contribution < 1.29 is 47.8 Å². The third kappa shape index (κ3) is 3.34. The zero-order valence-corrected chi connectivity index (χ0v) is 14.1. The Morgan fingerprint density at radius 2 is 1.25 bits per heavy atom. The van der Waals surface area contributed by atoms with Crippen molar-refractivity contribution >= 4 is 23.9 Å². The fourth-order valence-electron chi connectivity index (χ4n) is 2.83. The number of hydrogen-bond acceptors (Lipinski definition) is 9. The maximum Gasteiger partial charge on any atom is 0.381 e. The van der Waals surface area contributed by atoms with E-state index in [1.54, 1.807) is 0 Å². The topological polar surface area (TPSA) is 119 Å². The highest BCUT2D eigenvalue weighted by molar-refractivity contribution is 6.13. The minimum Gasteiger partial charge on any atom is -0.468 e. The molecule has 1 rings (SSSR count). The van der Waals surface area contributed by atoms with E-state index in [1.807, 2.05) is 0 Å². The summed E-state index contributed by atoms with van der Waals surface area (Å²) in [4.78, 5) is 50.0. The van der Waals surface area contributed by atoms with Crippen LogP contribution < -0.4 is 4.90 Å². The summed E-state index contributed by atoms with van der Waals surface area (Å²) in [5.41, 5.74) is -2.28. The lowest BCUT2D eigenvalue weighted by Gasteiger charge is -2.39. The molecule has 10 heteroatoms. The number of ether oxygens (including phenoxy) is 5. The van der Waals surface area contributed by atoms with E-state index in [-0.39, 0.29) is 26.3 Å². The fraction of sp³-hybridized carbons (Fsp3) is 0.714. The smallest absolute Gasteiger partial charge is 0.381 e. The van der Waals surface area contributed by atoms with E-state index in [1.165, 1.54) is 0 Å². The van der Waals surface area contributed by atoms with Gasteiger partial charge in [0, 0.05) is 0 Å². The monoisotopic (exact) mass is 348 g/mol. The third-order valence-electron chi connectivity index (χ3n) is 3.98. The molecule has 1 aliphatic rings. The van der Waals surface area contributed by atoms with Gasteiger partial charge in [0.05, 0.1) is 41.7 Å². The van der Waals surface area contributed by atoms with Gasteiger partial charge in [0.15, 0.2) is 0 Å². The number of methoxy groups -OCH3 is 4. The molecule has 1 heterocycles. The highest BCUT2D eigenvalue weighted by Gasteiger charge is 2.69. The van der Waals surface area contributed by atoms with E-state index in [9.17, 15) is 19.2 Å². The highest BCUT2D eigenvalue weighted by Crippen LogP contribution is 2.22. The zero-order valence-electron chi connectivity index (χ0n) is 14.1. The molecule has 0 spiro atoms. The molecule has 1 saturated heterocycles. The first-order chi connectivity index (χ1) is 11.4. The molecule has 0 amide bonds. The lowest BCUT2D eigenvalue weighted by atomic mass is 9.81. The average molecular weight is 348 g/mol. The van der Waals surface area contributed by atoms with Gasteiger partial charge < -0.3 is 28.6 Å². The number of hydrogen-bond donors (Lipinski definition) is 1. The van der Waals surface area contributed by atoms with Crippen LogP contribution in [0.2, 0.25) is 0 Å². The predicted octanol–water partition coefficient (Wildman–Crippen LogP) is -3.05. The van der Waals surface area contributed by atoms with Crippen molar-refractivity contribution in [3.8, 4) is 0 Å². The van der Waals surface area contributed by atoms with Gasteiger partial charge in [0.2, 0.25) is 5.92 Å². The molecule has 0 aliphatic carbocycles. The second kappa shape index (κ2) is 8.60. The summed E-state index contributed by atoms with van der Waals surface area (Å²) in [6.07, 6.45) is 0. The Bertz CT molecular complexity index is 466. The first-order valence-electron chi connectivity index (χ1n) is 7.17. The number of carbonyl (C=O) groups is 4. The Labute approximate surface area is 138 Å². The number of rotatable bonds is 6. The van der Waals surface area contributed by atoms with Gasteiger partial charge in [0.1, 0.15) is 13.1 Å². The van der Waals surface area contributed by atoms with Crippen LogP contribution in [0.1, 0.15) is 0 Å². The minimum absolute atomic E-state index is 0.175. The molecule has 0 atom stereocenters. The number of esters is 4. The molecule has 0 unspecified atom stereocenters. The summed E-state index contributed by atoms with van der Waals surface area (Å²) in [5.74, 6) is -6.26. The van der Waals surface area contributed by atoms with Crippen LogP contribution in [0.25, 0.3) is 0 Å². The Kier molecular flexibility index (Phi) is 7.11. The van der Waals surface area contributed by atoms with Crippen molar-refractivity contribution in [1.82, 2.24) is 0 Å². The van der Waals surface area contributed by atoms with Gasteiger partial charge in [-0.2, -0.15) is 0 Å². The van der Waals surface area contributed by atoms with Crippen molar-refractivity contribution in [2.24, 2.45) is 5.92 Å². The molecule has 10 nitrogen and oxygen atoms in total. The van der Waals surface area contributed by atoms with Gasteiger partial charge in [-0.25, -0.2) is 9.59 Å². The highest BCUT2D eigenvalue weighted by atomic mass is 16.6. The second-order valence-corrected chi connectivity index (χ2v) is 4.99. The summed E-state index contributed by atoms with van der Waals surface area (Å²) >= 11 is 0. The van der Waals surface area contributed by atoms with Crippen LogP contribution in [0, 0.1) is 5.92 Å². The van der Waals surface area contributed by atoms with Crippen molar-refractivity contribution in [2.75, 3.05) is 54.7 Å². The molecule has 1 aliphatic heterocycles. The van der Waals surface area contributed by atoms with Crippen LogP contribution in [-0.2, 0) is 42.9 Å². The summed E-state index contributed by atoms with van der Waals surface area (Å²) in [5, 5.41) is 0. The van der Waals surface area contributed by atoms with Gasteiger partial charge in [-0.3, -0.25) is 9.59 Å². The van der Waals surface area contributed by atoms with E-state index in [0.29, 0.717) is 4.90 Å². The summed E-state index contributed by atoms with van der Waals surface area (Å²) in [6, 6.07) is 0. The molecule has 0 aromatic rings. The van der Waals surface area contributed by atoms with E-state index < -0.39 is 35.3 Å². The Balaban J connectivity index is 3.62. The molecule has 1 fully saturated rings. The summed E-state index contributed by atoms with van der Waals surface area (Å²) < 4.78 is 24.0. The van der Waals surface area contributed by atoms with Crippen LogP contribution >= 0.6 is 0 Å². The Morgan fingerprint density at radius 1 is 0.833 bits per heavy atom. The molecule has 0 saturated carbocycles. The molecular formula is C14H22NO9+. The van der Waals surface area contributed by atoms with Gasteiger partial charge in [0.25, 0.3) is 0 Å². The van der Waals surface area contributed by atoms with Gasteiger partial charge >= 0.3 is 29.4 Å². The molecule has 1 N–H and O–H groups in total. The molecule has 24 heavy (non-hydrogen) atoms. The van der Waals surface area contributed by atoms with Crippen molar-refractivity contribution in [3.05, 3.63) is 0 Å². The van der Waals surface area contributed by atoms with Gasteiger partial charge in [-0.1, -0.05) is 0 Å². The third-order valence-corrected chi connectivity index (χ3v) is 3.98. The first-order valence-corrected chi connectivity index (χ1v) is 7.17. The SMILES string of the molecule is COC(=O)C(C(=O)OC)C(C(=O)OC)(C(=O)OC)[NH+]1CCOCC1. The quantitative estimate of drug-likeness (QED) is 0.303. The van der Waals surface area contributed by atoms with Gasteiger partial charge in [-0.05, 0) is 0 Å². The predicted molar refractivity (Wildman–Crippen MR) is 75.8 cm³/mol. The Morgan fingerprint density at radius 3 is 1.58 bits per heavy atom. The van der Waals surface area contributed by atoms with Crippen molar-refractivity contribution in [1.29, 1.82) is 0 Å². The number of quaternary nitrogens is 1. The number of morpholine rings is 1. The van der Waals surface area contributed by atoms with Crippen LogP contribution in [0.4, 0.5) is 0 Å². The first kappa shape index (κ1) is 19.8. The van der Waals surface area contributed by atoms with E-state index in [0.717, 1.165) is 28.4 Å². The lowest BCUT2D eigenvalue weighted by molar-refractivity contribution is -0.942. The summed E-state index contributed by atoms with van der Waals surface area (Å²) in [7, 11) is 4.16. The average Bonchev–Trinajstić information content (AvgIpc) is 2.64.